The van der Waals surface area contributed by atoms with Gasteiger partial charge in [0.2, 0.25) is 5.91 Å². The summed E-state index contributed by atoms with van der Waals surface area (Å²) >= 11 is 1.29. The van der Waals surface area contributed by atoms with E-state index in [9.17, 15) is 14.4 Å². The van der Waals surface area contributed by atoms with Crippen LogP contribution in [0.1, 0.15) is 35.3 Å². The summed E-state index contributed by atoms with van der Waals surface area (Å²) in [7, 11) is 0. The Morgan fingerprint density at radius 3 is 2.72 bits per heavy atom. The topological polar surface area (TPSA) is 109 Å². The minimum absolute atomic E-state index is 0.0586. The number of H-pyrrole nitrogens is 2. The predicted molar refractivity (Wildman–Crippen MR) is 94.1 cm³/mol. The van der Waals surface area contributed by atoms with Crippen LogP contribution in [0, 0.1) is 0 Å². The minimum Gasteiger partial charge on any atom is -0.381 e. The number of nitrogens with zero attached hydrogens (tertiary/aromatic N) is 1. The Morgan fingerprint density at radius 1 is 1.16 bits per heavy atom. The van der Waals surface area contributed by atoms with Gasteiger partial charge in [0, 0.05) is 25.0 Å². The Kier molecular flexibility index (Phi) is 4.26. The molecule has 0 aromatic carbocycles. The molecule has 2 aromatic heterocycles. The van der Waals surface area contributed by atoms with Crippen LogP contribution in [0.3, 0.4) is 0 Å². The van der Waals surface area contributed by atoms with Gasteiger partial charge in [0.15, 0.2) is 0 Å². The van der Waals surface area contributed by atoms with Crippen molar-refractivity contribution in [2.75, 3.05) is 24.3 Å². The molecule has 0 radical (unpaired) electrons. The van der Waals surface area contributed by atoms with Crippen molar-refractivity contribution < 1.29 is 9.53 Å². The average Bonchev–Trinajstić information content (AvgIpc) is 2.83. The second kappa shape index (κ2) is 6.57. The highest BCUT2D eigenvalue weighted by Gasteiger charge is 2.33. The Morgan fingerprint density at radius 2 is 1.96 bits per heavy atom. The van der Waals surface area contributed by atoms with Gasteiger partial charge in [0.05, 0.1) is 22.6 Å². The second-order valence-corrected chi connectivity index (χ2v) is 7.20. The highest BCUT2D eigenvalue weighted by Crippen LogP contribution is 2.39. The van der Waals surface area contributed by atoms with E-state index in [1.807, 2.05) is 0 Å². The maximum absolute atomic E-state index is 12.7. The molecule has 2 aliphatic rings. The first kappa shape index (κ1) is 16.2. The van der Waals surface area contributed by atoms with Crippen molar-refractivity contribution in [3.63, 3.8) is 0 Å². The number of aromatic amines is 2. The molecule has 9 heteroatoms. The third-order valence-electron chi connectivity index (χ3n) is 4.55. The van der Waals surface area contributed by atoms with Gasteiger partial charge >= 0.3 is 0 Å². The van der Waals surface area contributed by atoms with Crippen LogP contribution in [-0.2, 0) is 9.53 Å². The van der Waals surface area contributed by atoms with E-state index in [2.05, 4.69) is 15.4 Å². The summed E-state index contributed by atoms with van der Waals surface area (Å²) in [5, 5.41) is 5.21. The summed E-state index contributed by atoms with van der Waals surface area (Å²) in [5.41, 5.74) is 0.377. The summed E-state index contributed by atoms with van der Waals surface area (Å²) in [6.45, 7) is 1.23. The zero-order chi connectivity index (χ0) is 17.4. The van der Waals surface area contributed by atoms with Crippen molar-refractivity contribution in [3.05, 3.63) is 50.2 Å². The van der Waals surface area contributed by atoms with Crippen molar-refractivity contribution in [3.8, 4) is 0 Å². The minimum atomic E-state index is -0.497. The van der Waals surface area contributed by atoms with E-state index in [1.54, 1.807) is 23.0 Å². The molecule has 2 aromatic rings. The number of anilines is 1. The van der Waals surface area contributed by atoms with Crippen LogP contribution < -0.4 is 16.4 Å². The van der Waals surface area contributed by atoms with Crippen molar-refractivity contribution in [2.24, 2.45) is 0 Å². The summed E-state index contributed by atoms with van der Waals surface area (Å²) in [6.07, 6.45) is 3.07. The molecule has 0 unspecified atom stereocenters. The number of ether oxygens (including phenoxy) is 1. The van der Waals surface area contributed by atoms with Gasteiger partial charge in [-0.2, -0.15) is 0 Å². The van der Waals surface area contributed by atoms with Crippen molar-refractivity contribution in [1.82, 2.24) is 14.8 Å². The molecule has 1 amide bonds. The first-order valence-corrected chi connectivity index (χ1v) is 9.21. The molecule has 0 bridgehead atoms. The lowest BCUT2D eigenvalue weighted by Crippen LogP contribution is -2.24. The molecule has 1 atom stereocenters. The maximum Gasteiger partial charge on any atom is 0.270 e. The quantitative estimate of drug-likeness (QED) is 0.738. The van der Waals surface area contributed by atoms with Crippen LogP contribution in [0.2, 0.25) is 0 Å². The molecular formula is C16H18N4O4S. The van der Waals surface area contributed by atoms with Gasteiger partial charge in [-0.05, 0) is 18.9 Å². The molecule has 0 saturated carbocycles. The molecule has 8 nitrogen and oxygen atoms in total. The van der Waals surface area contributed by atoms with E-state index >= 15 is 0 Å². The first-order valence-electron chi connectivity index (χ1n) is 8.16. The molecule has 1 fully saturated rings. The molecule has 2 aliphatic heterocycles. The van der Waals surface area contributed by atoms with Crippen LogP contribution >= 0.6 is 11.8 Å². The van der Waals surface area contributed by atoms with Crippen LogP contribution in [-0.4, -0.2) is 39.6 Å². The number of nitrogens with one attached hydrogen (secondary N) is 3. The van der Waals surface area contributed by atoms with Crippen molar-refractivity contribution in [2.45, 2.75) is 24.1 Å². The van der Waals surface area contributed by atoms with E-state index in [0.29, 0.717) is 30.2 Å². The van der Waals surface area contributed by atoms with Crippen LogP contribution in [0.15, 0.2) is 27.9 Å². The maximum atomic E-state index is 12.7. The number of hydrogen-bond acceptors (Lipinski definition) is 5. The number of pyridine rings is 1. The fourth-order valence-electron chi connectivity index (χ4n) is 3.35. The molecular weight excluding hydrogens is 344 g/mol. The van der Waals surface area contributed by atoms with Gasteiger partial charge in [-0.15, -0.1) is 11.8 Å². The molecule has 3 N–H and O–H groups in total. The Balaban J connectivity index is 1.86. The normalized spacial score (nSPS) is 21.4. The number of fused-ring (bicyclic) bond motifs is 1. The number of amides is 1. The Labute approximate surface area is 146 Å². The summed E-state index contributed by atoms with van der Waals surface area (Å²) in [6, 6.07) is 3.48. The van der Waals surface area contributed by atoms with Gasteiger partial charge in [0.25, 0.3) is 11.1 Å². The molecule has 4 rings (SSSR count). The van der Waals surface area contributed by atoms with Crippen LogP contribution in [0.5, 0.6) is 0 Å². The molecule has 0 aliphatic carbocycles. The molecule has 1 saturated heterocycles. The lowest BCUT2D eigenvalue weighted by Gasteiger charge is -2.25. The van der Waals surface area contributed by atoms with Gasteiger partial charge in [-0.25, -0.2) is 0 Å². The predicted octanol–water partition coefficient (Wildman–Crippen LogP) is 0.991. The van der Waals surface area contributed by atoms with Gasteiger partial charge < -0.3 is 15.0 Å². The number of carbonyl (C=O) groups excluding carboxylic acids is 1. The fourth-order valence-corrected chi connectivity index (χ4v) is 4.49. The zero-order valence-corrected chi connectivity index (χ0v) is 14.2. The fraction of sp³-hybridized carbons (Fsp3) is 0.438. The molecule has 4 heterocycles. The lowest BCUT2D eigenvalue weighted by atomic mass is 10.1. The van der Waals surface area contributed by atoms with Crippen molar-refractivity contribution >= 4 is 23.5 Å². The third-order valence-corrected chi connectivity index (χ3v) is 5.80. The molecule has 132 valence electrons. The number of hydrogen-bond donors (Lipinski definition) is 3. The summed E-state index contributed by atoms with van der Waals surface area (Å²) in [5.74, 6) is 0.474. The van der Waals surface area contributed by atoms with E-state index in [1.165, 1.54) is 11.8 Å². The smallest absolute Gasteiger partial charge is 0.270 e. The van der Waals surface area contributed by atoms with E-state index < -0.39 is 5.25 Å². The van der Waals surface area contributed by atoms with E-state index in [0.717, 1.165) is 12.8 Å². The van der Waals surface area contributed by atoms with E-state index in [-0.39, 0.29) is 28.8 Å². The largest absolute Gasteiger partial charge is 0.381 e. The zero-order valence-electron chi connectivity index (χ0n) is 13.4. The van der Waals surface area contributed by atoms with Gasteiger partial charge in [-0.1, -0.05) is 6.07 Å². The van der Waals surface area contributed by atoms with Crippen LogP contribution in [0.4, 0.5) is 5.82 Å². The third kappa shape index (κ3) is 2.93. The highest BCUT2D eigenvalue weighted by atomic mass is 32.2. The SMILES string of the molecule is O=C1CS[C@@H](c2ccc[nH]c2=O)c2c(n(C3CCOCC3)[nH]c2=O)N1. The van der Waals surface area contributed by atoms with Gasteiger partial charge in [0.1, 0.15) is 5.82 Å². The van der Waals surface area contributed by atoms with Crippen molar-refractivity contribution in [1.29, 1.82) is 0 Å². The summed E-state index contributed by atoms with van der Waals surface area (Å²) < 4.78 is 7.13. The number of rotatable bonds is 2. The average molecular weight is 362 g/mol. The van der Waals surface area contributed by atoms with Gasteiger partial charge in [-0.3, -0.25) is 24.2 Å². The summed E-state index contributed by atoms with van der Waals surface area (Å²) in [4.78, 5) is 39.7. The first-order chi connectivity index (χ1) is 12.1. The number of aromatic nitrogens is 3. The Hall–Kier alpha value is -2.26. The standard InChI is InChI=1S/C16H18N4O4S/c21-11-8-25-13(10-2-1-5-17-15(10)22)12-14(18-11)20(19-16(12)23)9-3-6-24-7-4-9/h1-2,5,9,13H,3-4,6-8H2,(H,17,22)(H,18,21)(H,19,23)/t13-/m0/s1. The molecule has 25 heavy (non-hydrogen) atoms. The number of thioether (sulfide) groups is 1. The lowest BCUT2D eigenvalue weighted by molar-refractivity contribution is -0.113. The second-order valence-electron chi connectivity index (χ2n) is 6.11. The van der Waals surface area contributed by atoms with Crippen LogP contribution in [0.25, 0.3) is 0 Å². The van der Waals surface area contributed by atoms with E-state index in [4.69, 9.17) is 4.74 Å². The Bertz CT molecular complexity index is 909. The monoisotopic (exact) mass is 362 g/mol. The molecule has 0 spiro atoms. The highest BCUT2D eigenvalue weighted by molar-refractivity contribution is 8.00. The number of carbonyl (C=O) groups is 1.